The van der Waals surface area contributed by atoms with Gasteiger partial charge < -0.3 is 19.1 Å². The highest BCUT2D eigenvalue weighted by Gasteiger charge is 2.29. The second-order valence-electron chi connectivity index (χ2n) is 7.08. The van der Waals surface area contributed by atoms with Gasteiger partial charge >= 0.3 is 5.97 Å². The topological polar surface area (TPSA) is 68.3 Å². The van der Waals surface area contributed by atoms with Gasteiger partial charge in [0.25, 0.3) is 0 Å². The molecule has 1 atom stereocenters. The maximum atomic E-state index is 12.6. The molecule has 1 aromatic carbocycles. The van der Waals surface area contributed by atoms with Crippen LogP contribution in [0, 0.1) is 5.92 Å². The molecule has 2 aliphatic heterocycles. The number of ether oxygens (including phenoxy) is 3. The number of hydrogen-bond donors (Lipinski definition) is 0. The summed E-state index contributed by atoms with van der Waals surface area (Å²) in [5, 5.41) is 0. The zero-order chi connectivity index (χ0) is 19.2. The van der Waals surface area contributed by atoms with Crippen LogP contribution >= 0.6 is 0 Å². The standard InChI is InChI=1S/C20H28N2O5/c1-3-25-20(24)16-5-4-8-22(13-16)19(23)14-21(2)12-15-6-7-17-18(11-15)27-10-9-26-17/h6-7,11,16H,3-5,8-10,12-14H2,1-2H3. The Morgan fingerprint density at radius 1 is 1.26 bits per heavy atom. The van der Waals surface area contributed by atoms with Gasteiger partial charge in [0, 0.05) is 19.6 Å². The summed E-state index contributed by atoms with van der Waals surface area (Å²) in [5.41, 5.74) is 1.07. The Bertz CT molecular complexity index is 678. The number of piperidine rings is 1. The molecule has 3 rings (SSSR count). The smallest absolute Gasteiger partial charge is 0.310 e. The van der Waals surface area contributed by atoms with Crippen molar-refractivity contribution in [1.29, 1.82) is 0 Å². The fourth-order valence-electron chi connectivity index (χ4n) is 3.54. The molecule has 0 spiro atoms. The van der Waals surface area contributed by atoms with Crippen LogP contribution in [0.5, 0.6) is 11.5 Å². The lowest BCUT2D eigenvalue weighted by Crippen LogP contribution is -2.46. The first-order valence-corrected chi connectivity index (χ1v) is 9.58. The molecule has 7 heteroatoms. The van der Waals surface area contributed by atoms with Crippen molar-refractivity contribution in [2.75, 3.05) is 46.5 Å². The van der Waals surface area contributed by atoms with E-state index in [1.807, 2.05) is 30.1 Å². The second-order valence-corrected chi connectivity index (χ2v) is 7.08. The van der Waals surface area contributed by atoms with Crippen molar-refractivity contribution in [1.82, 2.24) is 9.80 Å². The summed E-state index contributed by atoms with van der Waals surface area (Å²) in [6.07, 6.45) is 1.62. The number of esters is 1. The molecule has 1 amide bonds. The number of amides is 1. The molecule has 148 valence electrons. The lowest BCUT2D eigenvalue weighted by Gasteiger charge is -2.32. The van der Waals surface area contributed by atoms with E-state index in [4.69, 9.17) is 14.2 Å². The Labute approximate surface area is 160 Å². The van der Waals surface area contributed by atoms with Gasteiger partial charge in [-0.2, -0.15) is 0 Å². The molecule has 0 N–H and O–H groups in total. The van der Waals surface area contributed by atoms with Crippen LogP contribution in [-0.4, -0.2) is 68.2 Å². The lowest BCUT2D eigenvalue weighted by molar-refractivity contribution is -0.151. The van der Waals surface area contributed by atoms with Gasteiger partial charge in [0.1, 0.15) is 13.2 Å². The van der Waals surface area contributed by atoms with Gasteiger partial charge in [-0.1, -0.05) is 6.07 Å². The van der Waals surface area contributed by atoms with E-state index in [2.05, 4.69) is 0 Å². The number of carbonyl (C=O) groups is 2. The third-order valence-corrected chi connectivity index (χ3v) is 4.86. The van der Waals surface area contributed by atoms with Crippen LogP contribution < -0.4 is 9.47 Å². The Morgan fingerprint density at radius 3 is 2.81 bits per heavy atom. The van der Waals surface area contributed by atoms with Crippen LogP contribution in [-0.2, 0) is 20.9 Å². The number of likely N-dealkylation sites (tertiary alicyclic amines) is 1. The third kappa shape index (κ3) is 5.13. The first-order valence-electron chi connectivity index (χ1n) is 9.58. The van der Waals surface area contributed by atoms with Gasteiger partial charge in [-0.25, -0.2) is 0 Å². The Balaban J connectivity index is 1.52. The summed E-state index contributed by atoms with van der Waals surface area (Å²) in [4.78, 5) is 28.4. The summed E-state index contributed by atoms with van der Waals surface area (Å²) >= 11 is 0. The zero-order valence-electron chi connectivity index (χ0n) is 16.1. The lowest BCUT2D eigenvalue weighted by atomic mass is 9.98. The molecule has 1 fully saturated rings. The predicted molar refractivity (Wildman–Crippen MR) is 99.7 cm³/mol. The fraction of sp³-hybridized carbons (Fsp3) is 0.600. The highest BCUT2D eigenvalue weighted by atomic mass is 16.6. The van der Waals surface area contributed by atoms with Crippen molar-refractivity contribution in [3.63, 3.8) is 0 Å². The van der Waals surface area contributed by atoms with Crippen LogP contribution in [0.2, 0.25) is 0 Å². The van der Waals surface area contributed by atoms with Crippen LogP contribution in [0.4, 0.5) is 0 Å². The van der Waals surface area contributed by atoms with E-state index in [1.54, 1.807) is 11.8 Å². The molecule has 1 aromatic rings. The second kappa shape index (κ2) is 9.08. The number of fused-ring (bicyclic) bond motifs is 1. The highest BCUT2D eigenvalue weighted by molar-refractivity contribution is 5.80. The molecule has 0 aliphatic carbocycles. The molecule has 1 saturated heterocycles. The van der Waals surface area contributed by atoms with Crippen molar-refractivity contribution in [2.24, 2.45) is 5.92 Å². The van der Waals surface area contributed by atoms with E-state index < -0.39 is 0 Å². The van der Waals surface area contributed by atoms with Crippen molar-refractivity contribution < 1.29 is 23.8 Å². The maximum Gasteiger partial charge on any atom is 0.310 e. The van der Waals surface area contributed by atoms with E-state index in [-0.39, 0.29) is 17.8 Å². The van der Waals surface area contributed by atoms with Crippen molar-refractivity contribution in [2.45, 2.75) is 26.3 Å². The van der Waals surface area contributed by atoms with Crippen molar-refractivity contribution in [3.05, 3.63) is 23.8 Å². The SMILES string of the molecule is CCOC(=O)C1CCCN(C(=O)CN(C)Cc2ccc3c(c2)OCCO3)C1. The number of rotatable bonds is 6. The van der Waals surface area contributed by atoms with Crippen molar-refractivity contribution >= 4 is 11.9 Å². The first-order chi connectivity index (χ1) is 13.1. The van der Waals surface area contributed by atoms with Gasteiger partial charge in [0.05, 0.1) is 19.1 Å². The summed E-state index contributed by atoms with van der Waals surface area (Å²) in [5.74, 6) is 1.17. The molecule has 2 aliphatic rings. The monoisotopic (exact) mass is 376 g/mol. The van der Waals surface area contributed by atoms with Crippen LogP contribution in [0.15, 0.2) is 18.2 Å². The largest absolute Gasteiger partial charge is 0.486 e. The molecular formula is C20H28N2O5. The Kier molecular flexibility index (Phi) is 6.55. The van der Waals surface area contributed by atoms with E-state index in [0.717, 1.165) is 29.9 Å². The predicted octanol–water partition coefficient (Wildman–Crippen LogP) is 1.69. The van der Waals surface area contributed by atoms with Gasteiger partial charge in [-0.05, 0) is 44.5 Å². The molecule has 1 unspecified atom stereocenters. The van der Waals surface area contributed by atoms with Gasteiger partial charge in [0.2, 0.25) is 5.91 Å². The van der Waals surface area contributed by atoms with Crippen LogP contribution in [0.1, 0.15) is 25.3 Å². The third-order valence-electron chi connectivity index (χ3n) is 4.86. The summed E-state index contributed by atoms with van der Waals surface area (Å²) in [6.45, 7) is 5.41. The summed E-state index contributed by atoms with van der Waals surface area (Å²) in [7, 11) is 1.92. The summed E-state index contributed by atoms with van der Waals surface area (Å²) < 4.78 is 16.3. The van der Waals surface area contributed by atoms with Gasteiger partial charge in [0.15, 0.2) is 11.5 Å². The number of hydrogen-bond acceptors (Lipinski definition) is 6. The van der Waals surface area contributed by atoms with Crippen LogP contribution in [0.25, 0.3) is 0 Å². The normalized spacial score (nSPS) is 19.1. The molecule has 7 nitrogen and oxygen atoms in total. The number of nitrogens with zero attached hydrogens (tertiary/aromatic N) is 2. The van der Waals surface area contributed by atoms with Gasteiger partial charge in [-0.3, -0.25) is 14.5 Å². The number of benzene rings is 1. The molecule has 2 heterocycles. The minimum atomic E-state index is -0.203. The molecule has 27 heavy (non-hydrogen) atoms. The first kappa shape index (κ1) is 19.5. The van der Waals surface area contributed by atoms with Gasteiger partial charge in [-0.15, -0.1) is 0 Å². The van der Waals surface area contributed by atoms with Crippen molar-refractivity contribution in [3.8, 4) is 11.5 Å². The molecular weight excluding hydrogens is 348 g/mol. The maximum absolute atomic E-state index is 12.6. The fourth-order valence-corrected chi connectivity index (χ4v) is 3.54. The average molecular weight is 376 g/mol. The van der Waals surface area contributed by atoms with E-state index in [0.29, 0.717) is 46.0 Å². The molecule has 0 saturated carbocycles. The highest BCUT2D eigenvalue weighted by Crippen LogP contribution is 2.31. The van der Waals surface area contributed by atoms with E-state index in [9.17, 15) is 9.59 Å². The average Bonchev–Trinajstić information content (AvgIpc) is 2.68. The molecule has 0 bridgehead atoms. The quantitative estimate of drug-likeness (QED) is 0.704. The minimum absolute atomic E-state index is 0.0454. The number of carbonyl (C=O) groups excluding carboxylic acids is 2. The van der Waals surface area contributed by atoms with E-state index in [1.165, 1.54) is 0 Å². The Morgan fingerprint density at radius 2 is 2.04 bits per heavy atom. The summed E-state index contributed by atoms with van der Waals surface area (Å²) in [6, 6.07) is 5.87. The zero-order valence-corrected chi connectivity index (χ0v) is 16.1. The minimum Gasteiger partial charge on any atom is -0.486 e. The Hall–Kier alpha value is -2.28. The molecule has 0 aromatic heterocycles. The van der Waals surface area contributed by atoms with E-state index >= 15 is 0 Å². The number of likely N-dealkylation sites (N-methyl/N-ethyl adjacent to an activating group) is 1. The van der Waals surface area contributed by atoms with Crippen LogP contribution in [0.3, 0.4) is 0 Å². The molecule has 0 radical (unpaired) electrons.